The van der Waals surface area contributed by atoms with E-state index in [0.717, 1.165) is 125 Å². The Kier molecular flexibility index (Phi) is 12.5. The molecule has 366 valence electrons. The summed E-state index contributed by atoms with van der Waals surface area (Å²) in [6.07, 6.45) is 11.8. The molecule has 2 saturated carbocycles. The summed E-state index contributed by atoms with van der Waals surface area (Å²) in [7, 11) is 1.79. The molecule has 3 aromatic heterocycles. The lowest BCUT2D eigenvalue weighted by Gasteiger charge is -2.45. The molecule has 2 aromatic carbocycles. The number of halogens is 3. The summed E-state index contributed by atoms with van der Waals surface area (Å²) in [6, 6.07) is 15.2. The molecule has 70 heavy (non-hydrogen) atoms. The van der Waals surface area contributed by atoms with Gasteiger partial charge in [0.05, 0.1) is 35.5 Å². The summed E-state index contributed by atoms with van der Waals surface area (Å²) in [5.74, 6) is 2.04. The molecule has 2 saturated heterocycles. The van der Waals surface area contributed by atoms with E-state index in [-0.39, 0.29) is 41.0 Å². The predicted molar refractivity (Wildman–Crippen MR) is 260 cm³/mol. The van der Waals surface area contributed by atoms with Crippen molar-refractivity contribution in [3.05, 3.63) is 93.5 Å². The number of benzene rings is 2. The fourth-order valence-corrected chi connectivity index (χ4v) is 12.4. The Morgan fingerprint density at radius 3 is 2.47 bits per heavy atom. The number of aryl methyl sites for hydroxylation is 2. The van der Waals surface area contributed by atoms with Crippen LogP contribution in [-0.4, -0.2) is 109 Å². The number of hydrogen-bond acceptors (Lipinski definition) is 11. The number of hydrogen-bond donors (Lipinski definition) is 1. The standard InChI is InChI=1S/C52H59ClF2N12O3/c1-32(68)63-20-15-46-43(30-63)50(66-19-3-4-33-22-41(35-26-57-62(2)27-35)42(49(54)55)24-47(33)66)61-67(46)37-13-16-52(17-14-37)18-21-64(31-52)38-28-65(29-38)48-12-11-45(59-60-48)51(69)58-36-6-9-39(10-7-36)70-40-8-5-34(25-56)44(53)23-40/h5,8,11-12,22-24,26-27,36-39,49H,3-4,6-7,9-10,13-21,28-31H2,1-2H3,(H,58,69). The summed E-state index contributed by atoms with van der Waals surface area (Å²) >= 11 is 6.18. The van der Waals surface area contributed by atoms with Crippen molar-refractivity contribution in [1.29, 1.82) is 5.26 Å². The van der Waals surface area contributed by atoms with E-state index in [4.69, 9.17) is 26.7 Å². The summed E-state index contributed by atoms with van der Waals surface area (Å²) in [6.45, 7) is 7.30. The molecule has 4 aliphatic heterocycles. The molecule has 18 heteroatoms. The second-order valence-corrected chi connectivity index (χ2v) is 20.9. The number of nitriles is 1. The second kappa shape index (κ2) is 18.9. The van der Waals surface area contributed by atoms with E-state index in [1.807, 2.05) is 17.0 Å². The fraction of sp³-hybridized carbons (Fsp3) is 0.519. The van der Waals surface area contributed by atoms with Crippen molar-refractivity contribution < 1.29 is 23.1 Å². The maximum atomic E-state index is 14.8. The Balaban J connectivity index is 0.694. The molecule has 0 radical (unpaired) electrons. The van der Waals surface area contributed by atoms with Crippen LogP contribution < -0.4 is 19.9 Å². The van der Waals surface area contributed by atoms with Crippen LogP contribution in [0.5, 0.6) is 5.75 Å². The minimum Gasteiger partial charge on any atom is -0.490 e. The molecule has 4 fully saturated rings. The van der Waals surface area contributed by atoms with Crippen LogP contribution in [0.1, 0.15) is 122 Å². The molecule has 7 heterocycles. The Bertz CT molecular complexity index is 2820. The number of nitrogens with one attached hydrogen (secondary N) is 1. The molecule has 0 atom stereocenters. The van der Waals surface area contributed by atoms with E-state index in [2.05, 4.69) is 46.1 Å². The van der Waals surface area contributed by atoms with Gasteiger partial charge in [-0.3, -0.25) is 23.9 Å². The lowest BCUT2D eigenvalue weighted by atomic mass is 9.72. The molecule has 2 aliphatic carbocycles. The number of aromatic nitrogens is 6. The molecule has 0 unspecified atom stereocenters. The third-order valence-corrected chi connectivity index (χ3v) is 16.5. The lowest BCUT2D eigenvalue weighted by molar-refractivity contribution is -0.129. The van der Waals surface area contributed by atoms with Gasteiger partial charge in [0.25, 0.3) is 12.3 Å². The highest BCUT2D eigenvalue weighted by molar-refractivity contribution is 6.31. The minimum atomic E-state index is -2.66. The lowest BCUT2D eigenvalue weighted by Crippen LogP contribution is -2.59. The zero-order chi connectivity index (χ0) is 48.3. The van der Waals surface area contributed by atoms with Crippen molar-refractivity contribution >= 4 is 40.7 Å². The first-order valence-corrected chi connectivity index (χ1v) is 25.4. The first-order valence-electron chi connectivity index (χ1n) is 25.0. The van der Waals surface area contributed by atoms with Crippen LogP contribution in [-0.2, 0) is 31.2 Å². The van der Waals surface area contributed by atoms with Crippen LogP contribution in [0.4, 0.5) is 26.1 Å². The van der Waals surface area contributed by atoms with E-state index in [0.29, 0.717) is 58.8 Å². The fourth-order valence-electron chi connectivity index (χ4n) is 12.1. The zero-order valence-electron chi connectivity index (χ0n) is 39.8. The number of fused-ring (bicyclic) bond motifs is 2. The minimum absolute atomic E-state index is 0.00786. The third-order valence-electron chi connectivity index (χ3n) is 16.2. The Labute approximate surface area is 411 Å². The van der Waals surface area contributed by atoms with E-state index in [9.17, 15) is 18.4 Å². The van der Waals surface area contributed by atoms with Crippen LogP contribution in [0.25, 0.3) is 11.1 Å². The highest BCUT2D eigenvalue weighted by atomic mass is 35.5. The summed E-state index contributed by atoms with van der Waals surface area (Å²) in [4.78, 5) is 34.8. The van der Waals surface area contributed by atoms with Gasteiger partial charge in [-0.05, 0) is 130 Å². The molecular weight excluding hydrogens is 914 g/mol. The predicted octanol–water partition coefficient (Wildman–Crippen LogP) is 8.34. The number of anilines is 3. The van der Waals surface area contributed by atoms with Crippen LogP contribution in [0, 0.1) is 16.7 Å². The number of amides is 2. The van der Waals surface area contributed by atoms with Crippen molar-refractivity contribution in [2.75, 3.05) is 49.1 Å². The largest absolute Gasteiger partial charge is 0.490 e. The first kappa shape index (κ1) is 46.3. The number of ether oxygens (including phenoxy) is 1. The summed E-state index contributed by atoms with van der Waals surface area (Å²) in [5, 5.41) is 31.1. The summed E-state index contributed by atoms with van der Waals surface area (Å²) < 4.78 is 39.6. The van der Waals surface area contributed by atoms with Gasteiger partial charge in [0, 0.05) is 106 Å². The third kappa shape index (κ3) is 8.97. The number of rotatable bonds is 10. The van der Waals surface area contributed by atoms with Gasteiger partial charge >= 0.3 is 0 Å². The Morgan fingerprint density at radius 2 is 1.77 bits per heavy atom. The van der Waals surface area contributed by atoms with Gasteiger partial charge in [-0.25, -0.2) is 8.78 Å². The van der Waals surface area contributed by atoms with Crippen molar-refractivity contribution in [3.8, 4) is 22.9 Å². The number of likely N-dealkylation sites (tertiary alicyclic amines) is 1. The molecule has 2 amide bonds. The van der Waals surface area contributed by atoms with Crippen LogP contribution >= 0.6 is 11.6 Å². The molecule has 6 aliphatic rings. The van der Waals surface area contributed by atoms with E-state index in [1.54, 1.807) is 61.4 Å². The quantitative estimate of drug-likeness (QED) is 0.144. The van der Waals surface area contributed by atoms with E-state index >= 15 is 0 Å². The molecule has 11 rings (SSSR count). The average molecular weight is 974 g/mol. The molecular formula is C52H59ClF2N12O3. The molecule has 15 nitrogen and oxygen atoms in total. The molecule has 5 aromatic rings. The maximum Gasteiger partial charge on any atom is 0.272 e. The van der Waals surface area contributed by atoms with Gasteiger partial charge < -0.3 is 24.8 Å². The van der Waals surface area contributed by atoms with Crippen LogP contribution in [0.3, 0.4) is 0 Å². The van der Waals surface area contributed by atoms with Crippen molar-refractivity contribution in [3.63, 3.8) is 0 Å². The van der Waals surface area contributed by atoms with Gasteiger partial charge in [-0.2, -0.15) is 15.5 Å². The van der Waals surface area contributed by atoms with Crippen molar-refractivity contribution in [2.24, 2.45) is 12.5 Å². The van der Waals surface area contributed by atoms with E-state index < -0.39 is 6.43 Å². The maximum absolute atomic E-state index is 14.8. The highest BCUT2D eigenvalue weighted by Crippen LogP contribution is 2.50. The van der Waals surface area contributed by atoms with E-state index in [1.165, 1.54) is 12.1 Å². The number of alkyl halides is 2. The first-order chi connectivity index (χ1) is 33.9. The number of nitrogens with zero attached hydrogens (tertiary/aromatic N) is 11. The van der Waals surface area contributed by atoms with Crippen LogP contribution in [0.2, 0.25) is 5.02 Å². The molecule has 1 N–H and O–H groups in total. The van der Waals surface area contributed by atoms with Crippen molar-refractivity contribution in [2.45, 2.75) is 121 Å². The van der Waals surface area contributed by atoms with Gasteiger partial charge in [-0.1, -0.05) is 11.6 Å². The molecule has 1 spiro atoms. The van der Waals surface area contributed by atoms with Gasteiger partial charge in [0.1, 0.15) is 11.8 Å². The Morgan fingerprint density at radius 1 is 0.957 bits per heavy atom. The van der Waals surface area contributed by atoms with Gasteiger partial charge in [0.15, 0.2) is 17.3 Å². The Hall–Kier alpha value is -6.12. The zero-order valence-corrected chi connectivity index (χ0v) is 40.6. The smallest absolute Gasteiger partial charge is 0.272 e. The average Bonchev–Trinajstić information content (AvgIpc) is 4.08. The van der Waals surface area contributed by atoms with Crippen molar-refractivity contribution in [1.82, 2.24) is 44.9 Å². The number of carbonyl (C=O) groups is 2. The van der Waals surface area contributed by atoms with Gasteiger partial charge in [-0.15, -0.1) is 10.2 Å². The topological polar surface area (TPSA) is 154 Å². The summed E-state index contributed by atoms with van der Waals surface area (Å²) in [5.41, 5.74) is 6.21. The van der Waals surface area contributed by atoms with Gasteiger partial charge in [0.2, 0.25) is 5.91 Å². The number of carbonyl (C=O) groups excluding carboxylic acids is 2. The molecule has 0 bridgehead atoms. The van der Waals surface area contributed by atoms with Crippen LogP contribution in [0.15, 0.2) is 54.9 Å². The SMILES string of the molecule is CC(=O)N1CCc2c(c(N3CCCc4cc(-c5cnn(C)c5)c(C(F)F)cc43)nn2C2CCC3(CC2)CCN(C2CN(c4ccc(C(=O)NC5CCC(Oc6ccc(C#N)c(Cl)c6)CC5)nn4)C2)C3)C1. The second-order valence-electron chi connectivity index (χ2n) is 20.5. The monoisotopic (exact) mass is 972 g/mol. The normalized spacial score (nSPS) is 23.8. The highest BCUT2D eigenvalue weighted by Gasteiger charge is 2.46.